The van der Waals surface area contributed by atoms with Crippen LogP contribution in [-0.2, 0) is 42.7 Å². The first kappa shape index (κ1) is 36.1. The lowest BCUT2D eigenvalue weighted by atomic mass is 9.66. The first-order valence-corrected chi connectivity index (χ1v) is 17.4. The van der Waals surface area contributed by atoms with Gasteiger partial charge in [-0.15, -0.1) is 0 Å². The summed E-state index contributed by atoms with van der Waals surface area (Å²) in [5, 5.41) is 22.2. The van der Waals surface area contributed by atoms with Crippen LogP contribution < -0.4 is 23.7 Å². The molecule has 17 nitrogen and oxygen atoms in total. The van der Waals surface area contributed by atoms with E-state index in [4.69, 9.17) is 61.6 Å². The van der Waals surface area contributed by atoms with Crippen LogP contribution in [0, 0.1) is 11.8 Å². The SMILES string of the molecule is COc1cc([C@@H]2c3cc4c(cc3C(O[C@@H]3O[C@@H]5CO[C@@H](C)O[C@H]5[C@H](O)[C@H]3O)C3COC(=O)[C@@H]32)OCO4)cc(OC)c1OC(=O)OCC1COC(C)(C)O1. The Bertz CT molecular complexity index is 1700. The molecule has 5 heterocycles. The lowest BCUT2D eigenvalue weighted by molar-refractivity contribution is -0.364. The van der Waals surface area contributed by atoms with Gasteiger partial charge in [0, 0.05) is 11.8 Å². The molecule has 2 aromatic rings. The van der Waals surface area contributed by atoms with Gasteiger partial charge in [-0.1, -0.05) is 0 Å². The molecule has 288 valence electrons. The first-order chi connectivity index (χ1) is 25.4. The number of aliphatic hydroxyl groups is 2. The highest BCUT2D eigenvalue weighted by Gasteiger charge is 2.56. The minimum absolute atomic E-state index is 0.00601. The molecule has 0 radical (unpaired) electrons. The maximum atomic E-state index is 13.7. The van der Waals surface area contributed by atoms with Crippen LogP contribution in [0.5, 0.6) is 28.7 Å². The number of ether oxygens (including phenoxy) is 13. The van der Waals surface area contributed by atoms with Crippen LogP contribution in [0.2, 0.25) is 0 Å². The number of benzene rings is 2. The van der Waals surface area contributed by atoms with Crippen LogP contribution in [0.1, 0.15) is 49.5 Å². The fourth-order valence-corrected chi connectivity index (χ4v) is 7.94. The van der Waals surface area contributed by atoms with E-state index in [1.54, 1.807) is 45.0 Å². The minimum atomic E-state index is -1.48. The van der Waals surface area contributed by atoms with E-state index in [-0.39, 0.29) is 50.5 Å². The second-order valence-electron chi connectivity index (χ2n) is 14.1. The highest BCUT2D eigenvalue weighted by atomic mass is 16.8. The monoisotopic (exact) mass is 746 g/mol. The van der Waals surface area contributed by atoms with Crippen LogP contribution >= 0.6 is 0 Å². The van der Waals surface area contributed by atoms with Gasteiger partial charge in [0.1, 0.15) is 37.1 Å². The molecule has 1 aliphatic carbocycles. The van der Waals surface area contributed by atoms with Gasteiger partial charge in [-0.25, -0.2) is 4.79 Å². The number of hydrogen-bond donors (Lipinski definition) is 2. The Kier molecular flexibility index (Phi) is 9.55. The van der Waals surface area contributed by atoms with Gasteiger partial charge in [0.25, 0.3) is 0 Å². The summed E-state index contributed by atoms with van der Waals surface area (Å²) >= 11 is 0. The zero-order valence-electron chi connectivity index (χ0n) is 29.7. The standard InChI is InChI=1S/C36H42O17/c1-15-43-13-25-32(49-15)28(37)29(38)34(50-25)51-30-19-9-22-21(46-14-47-22)8-18(19)26(27-20(30)12-44-33(27)39)16-6-23(41-4)31(24(7-16)42-5)52-35(40)45-10-17-11-48-36(2,3)53-17/h6-9,15,17,20,25-30,32,34,37-38H,10-14H2,1-5H3/t15-,17?,20?,25-,26-,27+,28-,29-,30?,32-,34+/m1/s1. The topological polar surface area (TPSA) is 195 Å². The number of aliphatic hydroxyl groups excluding tert-OH is 2. The summed E-state index contributed by atoms with van der Waals surface area (Å²) in [6.07, 6.45) is -8.57. The molecule has 2 N–H and O–H groups in total. The fraction of sp³-hybridized carbons (Fsp3) is 0.611. The molecule has 0 saturated carbocycles. The summed E-state index contributed by atoms with van der Waals surface area (Å²) < 4.78 is 74.6. The van der Waals surface area contributed by atoms with Gasteiger partial charge in [-0.05, 0) is 61.7 Å². The first-order valence-electron chi connectivity index (χ1n) is 17.4. The van der Waals surface area contributed by atoms with Crippen molar-refractivity contribution in [2.45, 2.75) is 81.7 Å². The average molecular weight is 747 g/mol. The number of hydrogen-bond acceptors (Lipinski definition) is 17. The average Bonchev–Trinajstić information content (AvgIpc) is 3.86. The van der Waals surface area contributed by atoms with Gasteiger partial charge in [0.15, 0.2) is 41.4 Å². The van der Waals surface area contributed by atoms with Gasteiger partial charge < -0.3 is 71.8 Å². The molecule has 0 amide bonds. The Morgan fingerprint density at radius 3 is 2.32 bits per heavy atom. The highest BCUT2D eigenvalue weighted by Crippen LogP contribution is 2.57. The van der Waals surface area contributed by atoms with Gasteiger partial charge in [0.05, 0.1) is 46.1 Å². The van der Waals surface area contributed by atoms with Crippen molar-refractivity contribution in [3.63, 3.8) is 0 Å². The maximum absolute atomic E-state index is 13.7. The number of fused-ring (bicyclic) bond motifs is 4. The molecule has 6 aliphatic rings. The largest absolute Gasteiger partial charge is 0.514 e. The lowest BCUT2D eigenvalue weighted by Crippen LogP contribution is -2.63. The Morgan fingerprint density at radius 2 is 1.64 bits per heavy atom. The summed E-state index contributed by atoms with van der Waals surface area (Å²) in [4.78, 5) is 26.5. The molecular formula is C36H42O17. The van der Waals surface area contributed by atoms with Crippen molar-refractivity contribution in [1.82, 2.24) is 0 Å². The Balaban J connectivity index is 1.12. The molecule has 17 heteroatoms. The van der Waals surface area contributed by atoms with Crippen LogP contribution in [-0.4, -0.2) is 119 Å². The number of methoxy groups -OCH3 is 2. The summed E-state index contributed by atoms with van der Waals surface area (Å²) in [5.41, 5.74) is 1.84. The molecule has 53 heavy (non-hydrogen) atoms. The van der Waals surface area contributed by atoms with Gasteiger partial charge in [-0.3, -0.25) is 4.79 Å². The van der Waals surface area contributed by atoms with E-state index < -0.39 is 84.9 Å². The number of cyclic esters (lactones) is 1. The minimum Gasteiger partial charge on any atom is -0.493 e. The summed E-state index contributed by atoms with van der Waals surface area (Å²) in [5.74, 6) is -2.17. The van der Waals surface area contributed by atoms with Crippen molar-refractivity contribution in [3.8, 4) is 28.7 Å². The third-order valence-corrected chi connectivity index (χ3v) is 10.4. The zero-order chi connectivity index (χ0) is 37.2. The van der Waals surface area contributed by atoms with E-state index in [1.165, 1.54) is 14.2 Å². The molecule has 0 aromatic heterocycles. The van der Waals surface area contributed by atoms with E-state index in [0.717, 1.165) is 0 Å². The van der Waals surface area contributed by atoms with E-state index in [2.05, 4.69) is 0 Å². The fourth-order valence-electron chi connectivity index (χ4n) is 7.94. The molecule has 11 atom stereocenters. The maximum Gasteiger partial charge on any atom is 0.514 e. The molecule has 0 bridgehead atoms. The van der Waals surface area contributed by atoms with Crippen LogP contribution in [0.4, 0.5) is 4.79 Å². The summed E-state index contributed by atoms with van der Waals surface area (Å²) in [6, 6.07) is 6.86. The third-order valence-electron chi connectivity index (χ3n) is 10.4. The molecule has 8 rings (SSSR count). The second kappa shape index (κ2) is 14.0. The van der Waals surface area contributed by atoms with Crippen molar-refractivity contribution in [2.75, 3.05) is 47.4 Å². The predicted octanol–water partition coefficient (Wildman–Crippen LogP) is 2.30. The van der Waals surface area contributed by atoms with Crippen LogP contribution in [0.15, 0.2) is 24.3 Å². The Morgan fingerprint density at radius 1 is 0.925 bits per heavy atom. The molecule has 4 fully saturated rings. The molecule has 0 spiro atoms. The number of esters is 1. The van der Waals surface area contributed by atoms with Gasteiger partial charge in [-0.2, -0.15) is 0 Å². The molecule has 3 unspecified atom stereocenters. The zero-order valence-corrected chi connectivity index (χ0v) is 29.7. The van der Waals surface area contributed by atoms with Crippen LogP contribution in [0.3, 0.4) is 0 Å². The molecule has 2 aromatic carbocycles. The van der Waals surface area contributed by atoms with Gasteiger partial charge in [0.2, 0.25) is 12.5 Å². The van der Waals surface area contributed by atoms with E-state index in [0.29, 0.717) is 28.2 Å². The second-order valence-corrected chi connectivity index (χ2v) is 14.1. The molecular weight excluding hydrogens is 704 g/mol. The smallest absolute Gasteiger partial charge is 0.493 e. The number of carbonyl (C=O) groups excluding carboxylic acids is 2. The van der Waals surface area contributed by atoms with E-state index >= 15 is 0 Å². The van der Waals surface area contributed by atoms with Crippen molar-refractivity contribution < 1.29 is 81.4 Å². The Hall–Kier alpha value is -3.94. The normalized spacial score (nSPS) is 35.1. The number of rotatable bonds is 8. The third kappa shape index (κ3) is 6.62. The van der Waals surface area contributed by atoms with Crippen molar-refractivity contribution in [3.05, 3.63) is 41.0 Å². The highest BCUT2D eigenvalue weighted by molar-refractivity contribution is 5.79. The lowest BCUT2D eigenvalue weighted by Gasteiger charge is -2.47. The summed E-state index contributed by atoms with van der Waals surface area (Å²) in [6.45, 7) is 5.48. The van der Waals surface area contributed by atoms with Crippen molar-refractivity contribution >= 4 is 12.1 Å². The quantitative estimate of drug-likeness (QED) is 0.295. The number of carbonyl (C=O) groups is 2. The molecule has 4 saturated heterocycles. The van der Waals surface area contributed by atoms with E-state index in [1.807, 2.05) is 0 Å². The molecule has 5 aliphatic heterocycles. The van der Waals surface area contributed by atoms with Crippen molar-refractivity contribution in [1.29, 1.82) is 0 Å². The predicted molar refractivity (Wildman–Crippen MR) is 174 cm³/mol. The van der Waals surface area contributed by atoms with E-state index in [9.17, 15) is 19.8 Å². The van der Waals surface area contributed by atoms with Crippen LogP contribution in [0.25, 0.3) is 0 Å². The summed E-state index contributed by atoms with van der Waals surface area (Å²) in [7, 11) is 2.81. The van der Waals surface area contributed by atoms with Gasteiger partial charge >= 0.3 is 12.1 Å². The Labute approximate surface area is 304 Å². The van der Waals surface area contributed by atoms with Crippen molar-refractivity contribution in [2.24, 2.45) is 11.8 Å².